The van der Waals surface area contributed by atoms with Gasteiger partial charge in [-0.15, -0.1) is 0 Å². The lowest BCUT2D eigenvalue weighted by Gasteiger charge is -2.16. The van der Waals surface area contributed by atoms with E-state index < -0.39 is 5.97 Å². The molecule has 5 amide bonds. The normalized spacial score (nSPS) is 11.9. The third-order valence-electron chi connectivity index (χ3n) is 3.34. The number of nitrogens with zero attached hydrogens (tertiary/aromatic N) is 1. The lowest BCUT2D eigenvalue weighted by Crippen LogP contribution is -2.45. The molecule has 1 aliphatic heterocycles. The molecule has 1 rings (SSSR count). The van der Waals surface area contributed by atoms with Crippen LogP contribution < -0.4 is 21.4 Å². The standard InChI is InChI=1S/C7H13N3O2.C6H11NO3.C5H11NO.CH4/c1-5(2)6(11)9-10-4-3-8-7(10)12;1-4(2)6(10)7-3-5(8)9;1-4(2)5(7)6-3;/h5H,3-4H2,1-2H3,(H,8,12)(H,9,11);4H,3H2,1-2H3,(H,7,10)(H,8,9);4H,1-3H3,(H,6,7);1H4. The van der Waals surface area contributed by atoms with Crippen molar-refractivity contribution in [1.29, 1.82) is 0 Å². The predicted molar refractivity (Wildman–Crippen MR) is 114 cm³/mol. The first-order valence-electron chi connectivity index (χ1n) is 9.40. The zero-order chi connectivity index (χ0) is 23.1. The summed E-state index contributed by atoms with van der Waals surface area (Å²) >= 11 is 0. The molecule has 1 heterocycles. The number of hydrogen-bond donors (Lipinski definition) is 5. The van der Waals surface area contributed by atoms with E-state index in [2.05, 4.69) is 21.4 Å². The van der Waals surface area contributed by atoms with Crippen LogP contribution in [0.5, 0.6) is 0 Å². The first-order chi connectivity index (χ1) is 13.3. The maximum Gasteiger partial charge on any atom is 0.336 e. The molecule has 0 atom stereocenters. The van der Waals surface area contributed by atoms with Gasteiger partial charge >= 0.3 is 12.0 Å². The van der Waals surface area contributed by atoms with Crippen LogP contribution in [0.2, 0.25) is 0 Å². The van der Waals surface area contributed by atoms with Gasteiger partial charge in [0.1, 0.15) is 6.54 Å². The molecule has 0 aliphatic carbocycles. The van der Waals surface area contributed by atoms with Gasteiger partial charge in [-0.2, -0.15) is 0 Å². The summed E-state index contributed by atoms with van der Waals surface area (Å²) < 4.78 is 0. The lowest BCUT2D eigenvalue weighted by molar-refractivity contribution is -0.138. The molecule has 0 spiro atoms. The SMILES string of the molecule is C.CC(C)C(=O)NCC(=O)O.CC(C)C(=O)NN1CCNC1=O.CNC(=O)C(C)C. The van der Waals surface area contributed by atoms with Gasteiger partial charge in [-0.3, -0.25) is 24.6 Å². The van der Waals surface area contributed by atoms with Crippen LogP contribution in [0.15, 0.2) is 0 Å². The molecular weight excluding hydrogens is 394 g/mol. The van der Waals surface area contributed by atoms with E-state index in [-0.39, 0.29) is 55.5 Å². The highest BCUT2D eigenvalue weighted by Crippen LogP contribution is 1.96. The zero-order valence-corrected chi connectivity index (χ0v) is 18.3. The van der Waals surface area contributed by atoms with Gasteiger partial charge in [0.25, 0.3) is 0 Å². The van der Waals surface area contributed by atoms with Crippen molar-refractivity contribution >= 4 is 29.7 Å². The van der Waals surface area contributed by atoms with E-state index in [4.69, 9.17) is 5.11 Å². The summed E-state index contributed by atoms with van der Waals surface area (Å²) in [6.45, 7) is 11.5. The molecule has 176 valence electrons. The molecule has 5 N–H and O–H groups in total. The van der Waals surface area contributed by atoms with Crippen molar-refractivity contribution in [3.8, 4) is 0 Å². The van der Waals surface area contributed by atoms with Crippen LogP contribution in [0.4, 0.5) is 4.79 Å². The van der Waals surface area contributed by atoms with Crippen LogP contribution in [0, 0.1) is 17.8 Å². The third kappa shape index (κ3) is 16.1. The molecule has 0 aromatic rings. The summed E-state index contributed by atoms with van der Waals surface area (Å²) in [5.74, 6) is -1.42. The average molecular weight is 434 g/mol. The highest BCUT2D eigenvalue weighted by molar-refractivity contribution is 5.83. The van der Waals surface area contributed by atoms with Crippen LogP contribution in [0.1, 0.15) is 49.0 Å². The van der Waals surface area contributed by atoms with E-state index in [1.165, 1.54) is 5.01 Å². The summed E-state index contributed by atoms with van der Waals surface area (Å²) in [5.41, 5.74) is 2.51. The number of carbonyl (C=O) groups excluding carboxylic acids is 4. The summed E-state index contributed by atoms with van der Waals surface area (Å²) in [5, 5.41) is 16.8. The Morgan fingerprint density at radius 1 is 0.967 bits per heavy atom. The fourth-order valence-electron chi connectivity index (χ4n) is 1.50. The van der Waals surface area contributed by atoms with Crippen molar-refractivity contribution in [2.24, 2.45) is 17.8 Å². The fraction of sp³-hybridized carbons (Fsp3) is 0.737. The first-order valence-corrected chi connectivity index (χ1v) is 9.40. The quantitative estimate of drug-likeness (QED) is 0.412. The Kier molecular flexibility index (Phi) is 18.1. The molecule has 1 saturated heterocycles. The van der Waals surface area contributed by atoms with E-state index in [0.717, 1.165) is 0 Å². The van der Waals surface area contributed by atoms with Gasteiger partial charge in [0.05, 0.1) is 6.54 Å². The topological polar surface area (TPSA) is 157 Å². The number of urea groups is 1. The van der Waals surface area contributed by atoms with Crippen molar-refractivity contribution in [1.82, 2.24) is 26.4 Å². The monoisotopic (exact) mass is 433 g/mol. The van der Waals surface area contributed by atoms with Crippen LogP contribution in [0.3, 0.4) is 0 Å². The van der Waals surface area contributed by atoms with Gasteiger partial charge in [0.15, 0.2) is 0 Å². The van der Waals surface area contributed by atoms with Gasteiger partial charge in [-0.1, -0.05) is 49.0 Å². The Bertz CT molecular complexity index is 564. The van der Waals surface area contributed by atoms with Crippen LogP contribution in [0.25, 0.3) is 0 Å². The number of carboxylic acid groups (broad SMARTS) is 1. The van der Waals surface area contributed by atoms with E-state index in [9.17, 15) is 24.0 Å². The molecule has 1 aliphatic rings. The van der Waals surface area contributed by atoms with E-state index in [1.807, 2.05) is 13.8 Å². The lowest BCUT2D eigenvalue weighted by atomic mass is 10.2. The fourth-order valence-corrected chi connectivity index (χ4v) is 1.50. The number of amides is 5. The maximum atomic E-state index is 11.1. The minimum Gasteiger partial charge on any atom is -0.480 e. The molecule has 11 nitrogen and oxygen atoms in total. The van der Waals surface area contributed by atoms with Gasteiger partial charge in [-0.25, -0.2) is 9.80 Å². The van der Waals surface area contributed by atoms with Crippen molar-refractivity contribution in [3.63, 3.8) is 0 Å². The molecule has 0 saturated carbocycles. The molecule has 30 heavy (non-hydrogen) atoms. The smallest absolute Gasteiger partial charge is 0.336 e. The number of carbonyl (C=O) groups is 5. The highest BCUT2D eigenvalue weighted by Gasteiger charge is 2.21. The van der Waals surface area contributed by atoms with E-state index in [1.54, 1.807) is 34.7 Å². The van der Waals surface area contributed by atoms with Gasteiger partial charge < -0.3 is 21.1 Å². The van der Waals surface area contributed by atoms with Crippen LogP contribution in [-0.4, -0.2) is 66.5 Å². The Hall–Kier alpha value is -2.85. The molecule has 0 aromatic heterocycles. The summed E-state index contributed by atoms with van der Waals surface area (Å²) in [7, 11) is 1.64. The summed E-state index contributed by atoms with van der Waals surface area (Å²) in [6.07, 6.45) is 0. The maximum absolute atomic E-state index is 11.1. The zero-order valence-electron chi connectivity index (χ0n) is 18.3. The van der Waals surface area contributed by atoms with E-state index in [0.29, 0.717) is 13.1 Å². The Morgan fingerprint density at radius 3 is 1.70 bits per heavy atom. The number of aliphatic carboxylic acids is 1. The second kappa shape index (κ2) is 17.0. The molecule has 0 aromatic carbocycles. The number of nitrogens with one attached hydrogen (secondary N) is 4. The molecule has 0 radical (unpaired) electrons. The number of carboxylic acids is 1. The Labute approximate surface area is 179 Å². The Morgan fingerprint density at radius 2 is 1.43 bits per heavy atom. The average Bonchev–Trinajstić information content (AvgIpc) is 3.04. The van der Waals surface area contributed by atoms with Crippen molar-refractivity contribution in [3.05, 3.63) is 0 Å². The minimum atomic E-state index is -1.02. The van der Waals surface area contributed by atoms with Crippen LogP contribution in [-0.2, 0) is 19.2 Å². The first kappa shape index (κ1) is 31.8. The van der Waals surface area contributed by atoms with E-state index >= 15 is 0 Å². The second-order valence-electron chi connectivity index (χ2n) is 7.05. The number of rotatable bonds is 6. The number of hydrogen-bond acceptors (Lipinski definition) is 5. The molecule has 0 bridgehead atoms. The van der Waals surface area contributed by atoms with Crippen molar-refractivity contribution < 1.29 is 29.1 Å². The van der Waals surface area contributed by atoms with Crippen molar-refractivity contribution in [2.45, 2.75) is 49.0 Å². The molecule has 11 heteroatoms. The molecule has 1 fully saturated rings. The van der Waals surface area contributed by atoms with Gasteiger partial charge in [-0.05, 0) is 0 Å². The van der Waals surface area contributed by atoms with Gasteiger partial charge in [0, 0.05) is 31.3 Å². The summed E-state index contributed by atoms with van der Waals surface area (Å²) in [6, 6.07) is -0.232. The second-order valence-corrected chi connectivity index (χ2v) is 7.05. The van der Waals surface area contributed by atoms with Gasteiger partial charge in [0.2, 0.25) is 17.7 Å². The van der Waals surface area contributed by atoms with Crippen molar-refractivity contribution in [2.75, 3.05) is 26.7 Å². The molecule has 0 unspecified atom stereocenters. The third-order valence-corrected chi connectivity index (χ3v) is 3.34. The largest absolute Gasteiger partial charge is 0.480 e. The Balaban J connectivity index is -0.000000372. The minimum absolute atomic E-state index is 0. The highest BCUT2D eigenvalue weighted by atomic mass is 16.4. The molecular formula is C19H39N5O6. The number of hydrazine groups is 1. The summed E-state index contributed by atoms with van der Waals surface area (Å²) in [4.78, 5) is 53.0. The predicted octanol–water partition coefficient (Wildman–Crippen LogP) is 0.567. The van der Waals surface area contributed by atoms with Crippen LogP contribution >= 0.6 is 0 Å².